The number of hydrogen-bond donors (Lipinski definition) is 1. The molecule has 1 N–H and O–H groups in total. The maximum atomic E-state index is 13.0. The van der Waals surface area contributed by atoms with Crippen molar-refractivity contribution in [3.05, 3.63) is 121 Å². The Hall–Kier alpha value is -4.19. The first kappa shape index (κ1) is 23.5. The fraction of sp³-hybridized carbons (Fsp3) is 0.148. The average Bonchev–Trinajstić information content (AvgIpc) is 2.87. The van der Waals surface area contributed by atoms with Crippen LogP contribution in [-0.2, 0) is 20.7 Å². The van der Waals surface area contributed by atoms with Crippen molar-refractivity contribution in [2.24, 2.45) is 0 Å². The smallest absolute Gasteiger partial charge is 0.408 e. The van der Waals surface area contributed by atoms with Gasteiger partial charge in [0.05, 0.1) is 12.8 Å². The van der Waals surface area contributed by atoms with E-state index in [1.165, 1.54) is 7.11 Å². The van der Waals surface area contributed by atoms with Crippen LogP contribution < -0.4 is 5.32 Å². The molecule has 0 saturated heterocycles. The molecule has 0 fully saturated rings. The van der Waals surface area contributed by atoms with E-state index in [1.807, 2.05) is 66.7 Å². The van der Waals surface area contributed by atoms with Crippen LogP contribution in [0, 0.1) is 0 Å². The summed E-state index contributed by atoms with van der Waals surface area (Å²) in [7, 11) is 1.28. The average molecular weight is 443 g/mol. The lowest BCUT2D eigenvalue weighted by Gasteiger charge is -2.23. The highest BCUT2D eigenvalue weighted by Gasteiger charge is 2.27. The maximum Gasteiger partial charge on any atom is 0.408 e. The fourth-order valence-corrected chi connectivity index (χ4v) is 3.38. The molecule has 0 aliphatic carbocycles. The minimum Gasteiger partial charge on any atom is -0.467 e. The zero-order chi connectivity index (χ0) is 23.5. The zero-order valence-corrected chi connectivity index (χ0v) is 18.4. The molecule has 168 valence electrons. The van der Waals surface area contributed by atoms with Crippen molar-refractivity contribution >= 4 is 17.6 Å². The van der Waals surface area contributed by atoms with Gasteiger partial charge in [-0.1, -0.05) is 85.5 Å². The summed E-state index contributed by atoms with van der Waals surface area (Å²) in [4.78, 5) is 29.7. The molecule has 0 spiro atoms. The third-order valence-electron chi connectivity index (χ3n) is 4.93. The van der Waals surface area contributed by atoms with Gasteiger partial charge in [0, 0.05) is 18.2 Å². The number of benzene rings is 2. The van der Waals surface area contributed by atoms with Gasteiger partial charge in [0.15, 0.2) is 6.10 Å². The first-order valence-corrected chi connectivity index (χ1v) is 10.5. The molecule has 0 aliphatic heterocycles. The number of carbonyl (C=O) groups excluding carboxylic acids is 2. The molecule has 0 bridgehead atoms. The number of nitrogens with zero attached hydrogens (tertiary/aromatic N) is 1. The lowest BCUT2D eigenvalue weighted by atomic mass is 9.97. The number of hydrogen-bond acceptors (Lipinski definition) is 5. The fourth-order valence-electron chi connectivity index (χ4n) is 3.38. The van der Waals surface area contributed by atoms with E-state index in [-0.39, 0.29) is 6.42 Å². The van der Waals surface area contributed by atoms with Crippen molar-refractivity contribution in [3.8, 4) is 0 Å². The van der Waals surface area contributed by atoms with Gasteiger partial charge >= 0.3 is 12.1 Å². The lowest BCUT2D eigenvalue weighted by Crippen LogP contribution is -2.43. The van der Waals surface area contributed by atoms with Crippen molar-refractivity contribution < 1.29 is 19.1 Å². The number of methoxy groups -OCH3 is 1. The van der Waals surface area contributed by atoms with Crippen molar-refractivity contribution in [1.82, 2.24) is 10.3 Å². The van der Waals surface area contributed by atoms with Crippen LogP contribution in [-0.4, -0.2) is 30.2 Å². The van der Waals surface area contributed by atoms with Crippen LogP contribution >= 0.6 is 0 Å². The number of alkyl carbamates (subject to hydrolysis) is 1. The topological polar surface area (TPSA) is 77.5 Å². The van der Waals surface area contributed by atoms with Crippen molar-refractivity contribution in [2.75, 3.05) is 7.11 Å². The van der Waals surface area contributed by atoms with E-state index < -0.39 is 24.2 Å². The van der Waals surface area contributed by atoms with Crippen LogP contribution in [0.2, 0.25) is 0 Å². The molecule has 3 rings (SSSR count). The largest absolute Gasteiger partial charge is 0.467 e. The molecule has 1 amide bonds. The molecule has 1 aromatic heterocycles. The number of ether oxygens (including phenoxy) is 2. The highest BCUT2D eigenvalue weighted by molar-refractivity contribution is 5.82. The molecule has 2 atom stereocenters. The SMILES string of the molecule is C=C/C=C(\c1ccccc1)[C@H](OC(=O)N[C@@H](Cc1ccccc1)C(=O)OC)c1ccccn1. The minimum absolute atomic E-state index is 0.269. The van der Waals surface area contributed by atoms with E-state index >= 15 is 0 Å². The number of nitrogens with one attached hydrogen (secondary N) is 1. The normalized spacial score (nSPS) is 12.8. The number of carbonyl (C=O) groups is 2. The number of allylic oxidation sites excluding steroid dienone is 2. The number of aromatic nitrogens is 1. The van der Waals surface area contributed by atoms with Gasteiger partial charge in [-0.05, 0) is 23.3 Å². The third kappa shape index (κ3) is 6.64. The molecule has 2 aromatic carbocycles. The van der Waals surface area contributed by atoms with Gasteiger partial charge in [-0.25, -0.2) is 9.59 Å². The Bertz CT molecular complexity index is 1080. The molecule has 1 heterocycles. The predicted molar refractivity (Wildman–Crippen MR) is 127 cm³/mol. The highest BCUT2D eigenvalue weighted by Crippen LogP contribution is 2.32. The van der Waals surface area contributed by atoms with E-state index in [1.54, 1.807) is 30.5 Å². The minimum atomic E-state index is -0.905. The van der Waals surface area contributed by atoms with Gasteiger partial charge in [-0.2, -0.15) is 0 Å². The summed E-state index contributed by atoms with van der Waals surface area (Å²) >= 11 is 0. The maximum absolute atomic E-state index is 13.0. The Labute approximate surface area is 193 Å². The van der Waals surface area contributed by atoms with Crippen LogP contribution in [0.3, 0.4) is 0 Å². The van der Waals surface area contributed by atoms with Crippen molar-refractivity contribution in [3.63, 3.8) is 0 Å². The van der Waals surface area contributed by atoms with E-state index in [0.717, 1.165) is 11.1 Å². The summed E-state index contributed by atoms with van der Waals surface area (Å²) in [5, 5.41) is 2.65. The Morgan fingerprint density at radius 3 is 2.27 bits per heavy atom. The Balaban J connectivity index is 1.87. The van der Waals surface area contributed by atoms with Crippen LogP contribution in [0.4, 0.5) is 4.79 Å². The molecule has 0 unspecified atom stereocenters. The molecule has 0 radical (unpaired) electrons. The van der Waals surface area contributed by atoms with Gasteiger partial charge in [0.1, 0.15) is 6.04 Å². The third-order valence-corrected chi connectivity index (χ3v) is 4.93. The Kier molecular flexibility index (Phi) is 8.54. The highest BCUT2D eigenvalue weighted by atomic mass is 16.6. The Morgan fingerprint density at radius 1 is 1.00 bits per heavy atom. The van der Waals surface area contributed by atoms with Gasteiger partial charge < -0.3 is 14.8 Å². The van der Waals surface area contributed by atoms with E-state index in [9.17, 15) is 9.59 Å². The monoisotopic (exact) mass is 442 g/mol. The molecule has 0 aliphatic rings. The van der Waals surface area contributed by atoms with Crippen LogP contribution in [0.1, 0.15) is 22.9 Å². The summed E-state index contributed by atoms with van der Waals surface area (Å²) in [6.45, 7) is 3.80. The standard InChI is InChI=1S/C27H26N2O4/c1-3-12-22(21-15-8-5-9-16-21)25(23-17-10-11-18-28-23)33-27(31)29-24(26(30)32-2)19-20-13-6-4-7-14-20/h3-18,24-25H,1,19H2,2H3,(H,29,31)/b22-12+/t24-,25-/m0/s1. The zero-order valence-electron chi connectivity index (χ0n) is 18.4. The van der Waals surface area contributed by atoms with E-state index in [2.05, 4.69) is 16.9 Å². The first-order valence-electron chi connectivity index (χ1n) is 10.5. The van der Waals surface area contributed by atoms with Crippen molar-refractivity contribution in [1.29, 1.82) is 0 Å². The van der Waals surface area contributed by atoms with E-state index in [0.29, 0.717) is 11.3 Å². The van der Waals surface area contributed by atoms with Crippen molar-refractivity contribution in [2.45, 2.75) is 18.6 Å². The molecule has 33 heavy (non-hydrogen) atoms. The molecular formula is C27H26N2O4. The van der Waals surface area contributed by atoms with Gasteiger partial charge in [-0.15, -0.1) is 0 Å². The summed E-state index contributed by atoms with van der Waals surface area (Å²) < 4.78 is 10.7. The summed E-state index contributed by atoms with van der Waals surface area (Å²) in [5.41, 5.74) is 2.99. The number of pyridine rings is 1. The molecule has 0 saturated carbocycles. The molecular weight excluding hydrogens is 416 g/mol. The number of amides is 1. The predicted octanol–water partition coefficient (Wildman–Crippen LogP) is 4.90. The molecule has 3 aromatic rings. The number of rotatable bonds is 9. The molecule has 6 heteroatoms. The van der Waals surface area contributed by atoms with Gasteiger partial charge in [0.2, 0.25) is 0 Å². The summed E-state index contributed by atoms with van der Waals surface area (Å²) in [6, 6.07) is 23.4. The van der Waals surface area contributed by atoms with Gasteiger partial charge in [0.25, 0.3) is 0 Å². The second kappa shape index (κ2) is 12.0. The first-order chi connectivity index (χ1) is 16.1. The van der Waals surface area contributed by atoms with Crippen LogP contribution in [0.5, 0.6) is 0 Å². The number of esters is 1. The van der Waals surface area contributed by atoms with Crippen LogP contribution in [0.25, 0.3) is 5.57 Å². The summed E-state index contributed by atoms with van der Waals surface area (Å²) in [5.74, 6) is -0.560. The second-order valence-corrected chi connectivity index (χ2v) is 7.17. The summed E-state index contributed by atoms with van der Waals surface area (Å²) in [6.07, 6.45) is 3.73. The van der Waals surface area contributed by atoms with Gasteiger partial charge in [-0.3, -0.25) is 4.98 Å². The second-order valence-electron chi connectivity index (χ2n) is 7.17. The van der Waals surface area contributed by atoms with E-state index in [4.69, 9.17) is 9.47 Å². The van der Waals surface area contributed by atoms with Crippen LogP contribution in [0.15, 0.2) is 104 Å². The molecule has 6 nitrogen and oxygen atoms in total. The quantitative estimate of drug-likeness (QED) is 0.377. The lowest BCUT2D eigenvalue weighted by molar-refractivity contribution is -0.143. The Morgan fingerprint density at radius 2 is 1.67 bits per heavy atom.